The summed E-state index contributed by atoms with van der Waals surface area (Å²) in [6, 6.07) is 1.60. The van der Waals surface area contributed by atoms with Gasteiger partial charge < -0.3 is 5.73 Å². The number of hydrogen-bond acceptors (Lipinski definition) is 5. The largest absolute Gasteiger partial charge is 0.386 e. The molecule has 0 saturated heterocycles. The van der Waals surface area contributed by atoms with E-state index >= 15 is 0 Å². The summed E-state index contributed by atoms with van der Waals surface area (Å²) in [4.78, 5) is 15.3. The van der Waals surface area contributed by atoms with Gasteiger partial charge in [-0.1, -0.05) is 0 Å². The molecule has 0 amide bonds. The monoisotopic (exact) mass is 394 g/mol. The van der Waals surface area contributed by atoms with Gasteiger partial charge in [0.25, 0.3) is 6.43 Å². The zero-order chi connectivity index (χ0) is 20.1. The zero-order valence-electron chi connectivity index (χ0n) is 14.3. The maximum Gasteiger partial charge on any atom is 0.296 e. The molecule has 1 aromatic rings. The van der Waals surface area contributed by atoms with Crippen molar-refractivity contribution in [1.82, 2.24) is 0 Å². The second-order valence-corrected chi connectivity index (χ2v) is 9.46. The van der Waals surface area contributed by atoms with E-state index in [1.807, 2.05) is 0 Å². The molecular weight excluding hydrogens is 376 g/mol. The highest BCUT2D eigenvalue weighted by atomic mass is 32.2. The molecule has 2 rings (SSSR count). The number of halogens is 4. The molecule has 0 saturated carbocycles. The van der Waals surface area contributed by atoms with E-state index in [-0.39, 0.29) is 11.4 Å². The fraction of sp³-hybridized carbons (Fsp3) is 0.500. The number of hydrogen-bond donors (Lipinski definition) is 1. The van der Waals surface area contributed by atoms with Crippen LogP contribution in [0.25, 0.3) is 0 Å². The molecule has 1 atom stereocenters. The Hall–Kier alpha value is -1.97. The Kier molecular flexibility index (Phi) is 4.95. The Morgan fingerprint density at radius 2 is 1.85 bits per heavy atom. The lowest BCUT2D eigenvalue weighted by molar-refractivity contribution is -0.128. The van der Waals surface area contributed by atoms with Crippen molar-refractivity contribution in [1.29, 1.82) is 0 Å². The number of sulfone groups is 1. The first kappa shape index (κ1) is 20.3. The van der Waals surface area contributed by atoms with Gasteiger partial charge in [0.1, 0.15) is 16.1 Å². The highest BCUT2D eigenvalue weighted by Crippen LogP contribution is 2.38. The molecular formula is C16H18F4N2O3S. The van der Waals surface area contributed by atoms with E-state index in [9.17, 15) is 30.8 Å². The van der Waals surface area contributed by atoms with Crippen molar-refractivity contribution in [3.63, 3.8) is 0 Å². The lowest BCUT2D eigenvalue weighted by Gasteiger charge is -2.38. The van der Waals surface area contributed by atoms with Crippen molar-refractivity contribution >= 4 is 21.5 Å². The molecule has 0 unspecified atom stereocenters. The molecule has 1 aliphatic rings. The predicted octanol–water partition coefficient (Wildman–Crippen LogP) is 2.12. The molecule has 10 heteroatoms. The van der Waals surface area contributed by atoms with Gasteiger partial charge >= 0.3 is 0 Å². The van der Waals surface area contributed by atoms with Crippen molar-refractivity contribution in [2.75, 3.05) is 5.75 Å². The molecule has 0 radical (unpaired) electrons. The van der Waals surface area contributed by atoms with E-state index < -0.39 is 61.7 Å². The molecule has 26 heavy (non-hydrogen) atoms. The van der Waals surface area contributed by atoms with E-state index in [1.54, 1.807) is 0 Å². The first-order valence-corrected chi connectivity index (χ1v) is 9.24. The van der Waals surface area contributed by atoms with Crippen LogP contribution in [0, 0.1) is 11.6 Å². The second-order valence-electron chi connectivity index (χ2n) is 6.92. The van der Waals surface area contributed by atoms with Gasteiger partial charge in [-0.05, 0) is 38.5 Å². The maximum atomic E-state index is 14.4. The Morgan fingerprint density at radius 1 is 1.27 bits per heavy atom. The Labute approximate surface area is 148 Å². The summed E-state index contributed by atoms with van der Waals surface area (Å²) in [5.74, 6) is -5.16. The van der Waals surface area contributed by atoms with Gasteiger partial charge in [0.05, 0.1) is 5.75 Å². The summed E-state index contributed by atoms with van der Waals surface area (Å²) in [6.45, 7) is 3.94. The molecule has 5 nitrogen and oxygen atoms in total. The third-order valence-electron chi connectivity index (χ3n) is 4.52. The quantitative estimate of drug-likeness (QED) is 0.793. The van der Waals surface area contributed by atoms with Crippen LogP contribution in [0.2, 0.25) is 0 Å². The van der Waals surface area contributed by atoms with Gasteiger partial charge in [-0.2, -0.15) is 0 Å². The van der Waals surface area contributed by atoms with Crippen LogP contribution in [0.5, 0.6) is 0 Å². The Bertz CT molecular complexity index is 897. The van der Waals surface area contributed by atoms with Crippen LogP contribution in [-0.2, 0) is 26.6 Å². The topological polar surface area (TPSA) is 89.6 Å². The van der Waals surface area contributed by atoms with Crippen molar-refractivity contribution in [3.05, 3.63) is 34.9 Å². The first-order chi connectivity index (χ1) is 11.7. The van der Waals surface area contributed by atoms with Crippen LogP contribution < -0.4 is 5.73 Å². The van der Waals surface area contributed by atoms with Crippen molar-refractivity contribution < 1.29 is 30.8 Å². The van der Waals surface area contributed by atoms with Crippen LogP contribution in [0.15, 0.2) is 17.1 Å². The van der Waals surface area contributed by atoms with E-state index in [0.29, 0.717) is 6.07 Å². The summed E-state index contributed by atoms with van der Waals surface area (Å²) >= 11 is 0. The third-order valence-corrected chi connectivity index (χ3v) is 7.23. The number of carbonyl (C=O) groups excluding carboxylic acids is 1. The molecule has 0 fully saturated rings. The molecule has 0 bridgehead atoms. The van der Waals surface area contributed by atoms with E-state index in [2.05, 4.69) is 4.99 Å². The predicted molar refractivity (Wildman–Crippen MR) is 87.9 cm³/mol. The minimum Gasteiger partial charge on any atom is -0.386 e. The number of nitrogens with zero attached hydrogens (tertiary/aromatic N) is 1. The number of amidine groups is 1. The number of aliphatic imine (C=N–C) groups is 1. The number of alkyl halides is 2. The molecule has 144 valence electrons. The number of ketones is 1. The number of benzene rings is 1. The van der Waals surface area contributed by atoms with Crippen molar-refractivity contribution in [2.45, 2.75) is 43.9 Å². The molecule has 2 N–H and O–H groups in total. The van der Waals surface area contributed by atoms with Crippen LogP contribution in [0.4, 0.5) is 17.6 Å². The SMILES string of the molecule is CC1(C)C(N)=N[C@](C)(c2cc(CC(=O)C(F)F)cc(F)c2F)CS1(=O)=O. The summed E-state index contributed by atoms with van der Waals surface area (Å²) in [5, 5.41) is 0. The molecule has 0 spiro atoms. The Balaban J connectivity index is 2.62. The van der Waals surface area contributed by atoms with Gasteiger partial charge in [-0.15, -0.1) is 0 Å². The average Bonchev–Trinajstić information content (AvgIpc) is 2.48. The molecule has 1 heterocycles. The summed E-state index contributed by atoms with van der Waals surface area (Å²) in [5.41, 5.74) is 3.32. The smallest absolute Gasteiger partial charge is 0.296 e. The minimum absolute atomic E-state index is 0.207. The lowest BCUT2D eigenvalue weighted by Crippen LogP contribution is -2.55. The average molecular weight is 394 g/mol. The number of rotatable bonds is 4. The minimum atomic E-state index is -3.88. The summed E-state index contributed by atoms with van der Waals surface area (Å²) in [7, 11) is -3.88. The van der Waals surface area contributed by atoms with E-state index in [1.165, 1.54) is 20.8 Å². The van der Waals surface area contributed by atoms with Gasteiger partial charge in [0.15, 0.2) is 21.5 Å². The number of carbonyl (C=O) groups is 1. The van der Waals surface area contributed by atoms with Crippen LogP contribution in [-0.4, -0.2) is 37.0 Å². The second kappa shape index (κ2) is 6.33. The lowest BCUT2D eigenvalue weighted by atomic mass is 9.90. The van der Waals surface area contributed by atoms with Crippen LogP contribution in [0.3, 0.4) is 0 Å². The number of Topliss-reactive ketones (excluding diaryl/α,β-unsaturated/α-hetero) is 1. The van der Waals surface area contributed by atoms with Crippen molar-refractivity contribution in [3.8, 4) is 0 Å². The summed E-state index contributed by atoms with van der Waals surface area (Å²) < 4.78 is 76.7. The maximum absolute atomic E-state index is 14.4. The van der Waals surface area contributed by atoms with Gasteiger partial charge in [0, 0.05) is 12.0 Å². The fourth-order valence-electron chi connectivity index (χ4n) is 2.70. The van der Waals surface area contributed by atoms with Crippen LogP contribution >= 0.6 is 0 Å². The normalized spacial score (nSPS) is 24.4. The molecule has 1 aliphatic heterocycles. The number of nitrogens with two attached hydrogens (primary N) is 1. The first-order valence-electron chi connectivity index (χ1n) is 7.58. The fourth-order valence-corrected chi connectivity index (χ4v) is 4.38. The van der Waals surface area contributed by atoms with Crippen molar-refractivity contribution in [2.24, 2.45) is 10.7 Å². The standard InChI is InChI=1S/C16H18F4N2O3S/c1-15(2)14(21)22-16(3,7-26(15,24)25)9-4-8(5-10(17)12(9)18)6-11(23)13(19)20/h4-5,13H,6-7H2,1-3H3,(H2,21,22)/t16-/m0/s1. The molecule has 0 aliphatic carbocycles. The van der Waals surface area contributed by atoms with Gasteiger partial charge in [0.2, 0.25) is 5.78 Å². The van der Waals surface area contributed by atoms with Gasteiger partial charge in [-0.25, -0.2) is 26.0 Å². The summed E-state index contributed by atoms with van der Waals surface area (Å²) in [6.07, 6.45) is -4.08. The Morgan fingerprint density at radius 3 is 2.35 bits per heavy atom. The zero-order valence-corrected chi connectivity index (χ0v) is 15.1. The molecule has 0 aromatic heterocycles. The highest BCUT2D eigenvalue weighted by Gasteiger charge is 2.49. The van der Waals surface area contributed by atoms with Gasteiger partial charge in [-0.3, -0.25) is 9.79 Å². The highest BCUT2D eigenvalue weighted by molar-refractivity contribution is 7.93. The molecule has 1 aromatic carbocycles. The van der Waals surface area contributed by atoms with E-state index in [0.717, 1.165) is 6.07 Å². The third kappa shape index (κ3) is 3.34. The van der Waals surface area contributed by atoms with E-state index in [4.69, 9.17) is 5.73 Å². The van der Waals surface area contributed by atoms with Crippen LogP contribution in [0.1, 0.15) is 31.9 Å².